The van der Waals surface area contributed by atoms with Crippen LogP contribution in [0.5, 0.6) is 0 Å². The van der Waals surface area contributed by atoms with Crippen LogP contribution in [0.4, 0.5) is 0 Å². The van der Waals surface area contributed by atoms with Crippen LogP contribution in [0, 0.1) is 0 Å². The third-order valence-electron chi connectivity index (χ3n) is 15.9. The first-order valence-corrected chi connectivity index (χ1v) is 27.3. The lowest BCUT2D eigenvalue weighted by atomic mass is 9.80. The molecule has 1 atom stereocenters. The van der Waals surface area contributed by atoms with Gasteiger partial charge >= 0.3 is 0 Å². The second-order valence-corrected chi connectivity index (χ2v) is 20.9. The zero-order valence-corrected chi connectivity index (χ0v) is 45.8. The highest BCUT2D eigenvalue weighted by Crippen LogP contribution is 2.53. The molecule has 91 heavy (non-hydrogen) atoms. The highest BCUT2D eigenvalue weighted by atomic mass is 16.3. The monoisotopic (exact) mass is 1210 g/mol. The molecule has 0 spiro atoms. The number of benzene rings is 17. The van der Waals surface area contributed by atoms with Crippen LogP contribution >= 0.6 is 0 Å². The lowest BCUT2D eigenvalue weighted by Crippen LogP contribution is -2.14. The summed E-state index contributed by atoms with van der Waals surface area (Å²) in [4.78, 5) is 0. The Labute approximate surface area is 599 Å². The Kier molecular flexibility index (Phi) is 4.68. The van der Waals surface area contributed by atoms with E-state index in [0.717, 1.165) is 6.92 Å². The van der Waals surface area contributed by atoms with Gasteiger partial charge in [0.25, 0.3) is 0 Å². The van der Waals surface area contributed by atoms with E-state index in [4.69, 9.17) is 52.7 Å². The molecule has 1 unspecified atom stereocenters. The number of furan rings is 2. The van der Waals surface area contributed by atoms with Crippen molar-refractivity contribution in [3.05, 3.63) is 313 Å². The Morgan fingerprint density at radius 3 is 1.12 bits per heavy atom. The van der Waals surface area contributed by atoms with Gasteiger partial charge in [-0.05, 0) is 207 Å². The van der Waals surface area contributed by atoms with E-state index in [1.807, 2.05) is 0 Å². The lowest BCUT2D eigenvalue weighted by Gasteiger charge is -2.23. The molecular formula is C89H56O2. The van der Waals surface area contributed by atoms with Crippen LogP contribution in [-0.4, -0.2) is 0 Å². The van der Waals surface area contributed by atoms with Crippen molar-refractivity contribution in [2.75, 3.05) is 0 Å². The molecule has 0 fully saturated rings. The maximum absolute atomic E-state index is 9.94. The van der Waals surface area contributed by atoms with Crippen molar-refractivity contribution in [3.63, 3.8) is 0 Å². The molecule has 2 heteroatoms. The highest BCUT2D eigenvalue weighted by molar-refractivity contribution is 6.26. The van der Waals surface area contributed by atoms with Crippen LogP contribution in [0.1, 0.15) is 97.6 Å². The maximum atomic E-state index is 9.94. The van der Waals surface area contributed by atoms with E-state index >= 15 is 0 Å². The SMILES string of the molecule is [2H]c1c(-c2c3c([2H])c([2H])c([2H])c([2H])c3c(-c3c([2H])c([2H])c([2H])c4c3c([2H])c([2H])c3c([2H])c([2H])c([2H])c([2H])c34)c3c([2H])c([2H])c([2H])c([2H])c23)c([2H])c2c(oc3c([2H])c4c([2H])c([2H])c([2H])c([2H])c4c([2H])c32)c1[2H].[2H]c1c([2H])c([2H])c2c(c1[2H])-c1c([2H])c([2H])c(-c3c4c([2H])c([2H])c([2H])c([2H])c4c(-c4c([2H])c([2H])c5oc6c([2H])c7c([2H])c([2H])c([2H])c([2H])c7c([2H])c6c5c4[2H])c4c([2H])c([2H])c([2H])c([2H])c34)c([2H])c1C2(C)C([2H])([2H])[2H]. The average Bonchev–Trinajstić information content (AvgIpc) is 1.61. The van der Waals surface area contributed by atoms with Crippen molar-refractivity contribution in [1.82, 2.24) is 0 Å². The molecule has 0 radical (unpaired) electrons. The summed E-state index contributed by atoms with van der Waals surface area (Å²) < 4.78 is 491. The van der Waals surface area contributed by atoms with E-state index in [1.54, 1.807) is 0 Å². The van der Waals surface area contributed by atoms with E-state index in [2.05, 4.69) is 0 Å². The Balaban J connectivity index is 0.000000182. The molecule has 0 N–H and O–H groups in total. The number of hydrogen-bond donors (Lipinski definition) is 0. The van der Waals surface area contributed by atoms with E-state index in [-0.39, 0.29) is 0 Å². The summed E-state index contributed by atoms with van der Waals surface area (Å²) >= 11 is 0. The van der Waals surface area contributed by atoms with Gasteiger partial charge in [-0.2, -0.15) is 0 Å². The fourth-order valence-corrected chi connectivity index (χ4v) is 11.9. The summed E-state index contributed by atoms with van der Waals surface area (Å²) in [7, 11) is 0. The van der Waals surface area contributed by atoms with Crippen molar-refractivity contribution in [3.8, 4) is 55.6 Å². The molecule has 0 bridgehead atoms. The first-order valence-electron chi connectivity index (χ1n) is 53.8. The predicted molar refractivity (Wildman–Crippen MR) is 387 cm³/mol. The largest absolute Gasteiger partial charge is 0.456 e. The fraction of sp³-hybridized carbons (Fsp3) is 0.0337. The quantitative estimate of drug-likeness (QED) is 0.130. The number of fused-ring (bicyclic) bond motifs is 18. The zero-order chi connectivity index (χ0) is 106. The molecule has 2 aromatic heterocycles. The second-order valence-electron chi connectivity index (χ2n) is 20.9. The molecule has 20 rings (SSSR count). The summed E-state index contributed by atoms with van der Waals surface area (Å²) in [6.07, 6.45) is 0. The summed E-state index contributed by atoms with van der Waals surface area (Å²) in [5, 5.41) is -11.8. The van der Waals surface area contributed by atoms with Gasteiger partial charge in [0.15, 0.2) is 0 Å². The van der Waals surface area contributed by atoms with E-state index in [1.165, 1.54) is 0 Å². The molecule has 2 nitrogen and oxygen atoms in total. The predicted octanol–water partition coefficient (Wildman–Crippen LogP) is 25.4. The highest BCUT2D eigenvalue weighted by Gasteiger charge is 2.35. The standard InChI is InChI=1S/C45H30O.C44H26O/c1-45(2)39-18-10-9-13-31(39)32-21-19-30(25-40(32)45)44-35-16-7-5-14-33(35)43(34-15-6-8-17-36(34)44)29-20-22-41-37(24-29)38-23-27-11-3-4-12-28(27)26-42(38)46-41;1-2-12-29-26-42-40(24-28(29)11-1)39-25-30(21-23-41(39)45-42)43-35-14-5-7-16-37(35)44(38-17-8-6-15-36(38)43)34-19-9-18-32-31-13-4-3-10-27(31)20-22-33(32)34/h3-26H,1-2H3;1-26H/i1D3,3D,4D,5D,6D,7D,8D,9D,10D,11D,12D,13D,14D,15D,16D,17D,18D,19D,20D,21D,22D,23D,24D,25D,26D;1D,2D,3D,4D,5D,6D,7D,8D,9D,10D,11D,12D,13D,14D,15D,16D,17D,18D,19D,20D,21D,22D,23D,24D,25D,26D. The van der Waals surface area contributed by atoms with Crippen LogP contribution < -0.4 is 0 Å². The first kappa shape index (κ1) is 21.6. The molecule has 424 valence electrons. The Morgan fingerprint density at radius 1 is 0.242 bits per heavy atom. The molecule has 0 amide bonds. The molecule has 1 aliphatic carbocycles. The minimum absolute atomic E-state index is 0.436. The van der Waals surface area contributed by atoms with Crippen LogP contribution in [-0.2, 0) is 5.41 Å². The summed E-state index contributed by atoms with van der Waals surface area (Å²) in [6, 6.07) is -43.9. The Bertz CT molecular complexity index is 9400. The van der Waals surface area contributed by atoms with Gasteiger partial charge in [0.05, 0.1) is 68.5 Å². The third-order valence-corrected chi connectivity index (χ3v) is 15.9. The van der Waals surface area contributed by atoms with Crippen molar-refractivity contribution >= 4 is 130 Å². The molecule has 19 aromatic rings. The van der Waals surface area contributed by atoms with Crippen LogP contribution in [0.25, 0.3) is 186 Å². The van der Waals surface area contributed by atoms with Crippen molar-refractivity contribution in [1.29, 1.82) is 0 Å². The normalized spacial score (nSPS) is 22.2. The summed E-state index contributed by atoms with van der Waals surface area (Å²) in [6.45, 7) is -2.24. The molecule has 2 heterocycles. The first-order chi connectivity index (χ1) is 67.0. The maximum Gasteiger partial charge on any atom is 0.136 e. The van der Waals surface area contributed by atoms with Crippen LogP contribution in [0.3, 0.4) is 0 Å². The summed E-state index contributed by atoms with van der Waals surface area (Å²) in [5.74, 6) is 0. The molecule has 0 saturated carbocycles. The van der Waals surface area contributed by atoms with Gasteiger partial charge in [0, 0.05) is 31.1 Å². The molecule has 1 aliphatic rings. The van der Waals surface area contributed by atoms with Gasteiger partial charge in [-0.1, -0.05) is 262 Å². The van der Waals surface area contributed by atoms with Crippen LogP contribution in [0.15, 0.2) is 311 Å². The minimum Gasteiger partial charge on any atom is -0.456 e. The van der Waals surface area contributed by atoms with E-state index in [0.29, 0.717) is 0 Å². The lowest BCUT2D eigenvalue weighted by molar-refractivity contribution is 0.660. The summed E-state index contributed by atoms with van der Waals surface area (Å²) in [5.41, 5.74) is -13.0. The Morgan fingerprint density at radius 2 is 0.615 bits per heavy atom. The third kappa shape index (κ3) is 7.79. The zero-order valence-electron chi connectivity index (χ0n) is 98.8. The number of hydrogen-bond acceptors (Lipinski definition) is 2. The molecule has 0 aliphatic heterocycles. The Hall–Kier alpha value is -11.6. The van der Waals surface area contributed by atoms with Crippen LogP contribution in [0.2, 0.25) is 0 Å². The van der Waals surface area contributed by atoms with E-state index < -0.39 is 511 Å². The molecule has 0 saturated heterocycles. The second kappa shape index (κ2) is 19.7. The van der Waals surface area contributed by atoms with Gasteiger partial charge in [0.2, 0.25) is 0 Å². The van der Waals surface area contributed by atoms with Crippen molar-refractivity contribution < 1.29 is 81.5 Å². The molecular weight excluding hydrogens is 1100 g/mol. The van der Waals surface area contributed by atoms with Gasteiger partial charge in [0.1, 0.15) is 22.3 Å². The van der Waals surface area contributed by atoms with Gasteiger partial charge in [-0.3, -0.25) is 0 Å². The van der Waals surface area contributed by atoms with E-state index in [9.17, 15) is 28.8 Å². The van der Waals surface area contributed by atoms with Crippen molar-refractivity contribution in [2.45, 2.75) is 19.2 Å². The van der Waals surface area contributed by atoms with Crippen molar-refractivity contribution in [2.24, 2.45) is 0 Å². The average molecular weight is 1210 g/mol. The van der Waals surface area contributed by atoms with Gasteiger partial charge in [-0.15, -0.1) is 0 Å². The number of rotatable bonds is 4. The fourth-order valence-electron chi connectivity index (χ4n) is 11.9. The topological polar surface area (TPSA) is 26.3 Å². The molecule has 17 aromatic carbocycles. The smallest absolute Gasteiger partial charge is 0.136 e. The van der Waals surface area contributed by atoms with Gasteiger partial charge in [-0.25, -0.2) is 0 Å². The van der Waals surface area contributed by atoms with Gasteiger partial charge < -0.3 is 8.83 Å². The minimum atomic E-state index is -3.29.